The summed E-state index contributed by atoms with van der Waals surface area (Å²) in [5, 5.41) is 11.1. The molecular formula is C15H21N3O4. The standard InChI is InChI=1S/C15H21N3O4/c1-10-8-18(9-11(2)22-10)12-3-4-13(16-7-12)17-14(19)5-6-15(20)21/h3-4,7,10-11H,5-6,8-9H2,1-2H3,(H,20,21)(H,16,17,19). The SMILES string of the molecule is CC1CN(c2ccc(NC(=O)CCC(=O)O)nc2)CC(C)O1. The molecule has 1 aromatic heterocycles. The molecule has 0 spiro atoms. The van der Waals surface area contributed by atoms with E-state index in [1.807, 2.05) is 19.9 Å². The van der Waals surface area contributed by atoms with Gasteiger partial charge in [0.15, 0.2) is 0 Å². The Morgan fingerprint density at radius 3 is 2.55 bits per heavy atom. The van der Waals surface area contributed by atoms with Gasteiger partial charge in [0.2, 0.25) is 5.91 Å². The first-order valence-corrected chi connectivity index (χ1v) is 7.32. The van der Waals surface area contributed by atoms with Crippen LogP contribution in [-0.4, -0.2) is 47.3 Å². The molecule has 2 heterocycles. The highest BCUT2D eigenvalue weighted by molar-refractivity contribution is 5.91. The molecule has 7 nitrogen and oxygen atoms in total. The van der Waals surface area contributed by atoms with Crippen molar-refractivity contribution in [3.63, 3.8) is 0 Å². The number of carboxylic acids is 1. The van der Waals surface area contributed by atoms with Crippen LogP contribution in [0.15, 0.2) is 18.3 Å². The Morgan fingerprint density at radius 2 is 2.00 bits per heavy atom. The van der Waals surface area contributed by atoms with E-state index in [4.69, 9.17) is 9.84 Å². The van der Waals surface area contributed by atoms with Crippen molar-refractivity contribution in [3.8, 4) is 0 Å². The summed E-state index contributed by atoms with van der Waals surface area (Å²) in [7, 11) is 0. The Labute approximate surface area is 129 Å². The molecule has 2 unspecified atom stereocenters. The number of amides is 1. The zero-order valence-corrected chi connectivity index (χ0v) is 12.8. The fourth-order valence-corrected chi connectivity index (χ4v) is 2.46. The Bertz CT molecular complexity index is 522. The zero-order valence-electron chi connectivity index (χ0n) is 12.8. The number of morpholine rings is 1. The molecule has 2 atom stereocenters. The predicted molar refractivity (Wildman–Crippen MR) is 82.0 cm³/mol. The molecule has 120 valence electrons. The van der Waals surface area contributed by atoms with Crippen LogP contribution < -0.4 is 10.2 Å². The van der Waals surface area contributed by atoms with E-state index in [1.165, 1.54) is 0 Å². The van der Waals surface area contributed by atoms with E-state index >= 15 is 0 Å². The topological polar surface area (TPSA) is 91.8 Å². The van der Waals surface area contributed by atoms with Gasteiger partial charge in [0.05, 0.1) is 30.5 Å². The van der Waals surface area contributed by atoms with Crippen molar-refractivity contribution in [1.82, 2.24) is 4.98 Å². The third-order valence-electron chi connectivity index (χ3n) is 3.37. The lowest BCUT2D eigenvalue weighted by molar-refractivity contribution is -0.138. The number of anilines is 2. The van der Waals surface area contributed by atoms with Crippen LogP contribution in [0.5, 0.6) is 0 Å². The fourth-order valence-electron chi connectivity index (χ4n) is 2.46. The van der Waals surface area contributed by atoms with Gasteiger partial charge in [0.25, 0.3) is 0 Å². The summed E-state index contributed by atoms with van der Waals surface area (Å²) in [4.78, 5) is 28.4. The van der Waals surface area contributed by atoms with Crippen LogP contribution in [0.25, 0.3) is 0 Å². The highest BCUT2D eigenvalue weighted by Gasteiger charge is 2.22. The Morgan fingerprint density at radius 1 is 1.32 bits per heavy atom. The first-order chi connectivity index (χ1) is 10.4. The number of rotatable bonds is 5. The van der Waals surface area contributed by atoms with E-state index < -0.39 is 5.97 Å². The highest BCUT2D eigenvalue weighted by Crippen LogP contribution is 2.20. The molecule has 0 saturated carbocycles. The third-order valence-corrected chi connectivity index (χ3v) is 3.37. The van der Waals surface area contributed by atoms with Gasteiger partial charge in [-0.3, -0.25) is 9.59 Å². The maximum Gasteiger partial charge on any atom is 0.303 e. The number of carboxylic acid groups (broad SMARTS) is 1. The number of aromatic nitrogens is 1. The van der Waals surface area contributed by atoms with Gasteiger partial charge in [-0.1, -0.05) is 0 Å². The summed E-state index contributed by atoms with van der Waals surface area (Å²) >= 11 is 0. The molecule has 0 bridgehead atoms. The number of carbonyl (C=O) groups excluding carboxylic acids is 1. The van der Waals surface area contributed by atoms with Crippen LogP contribution in [0.4, 0.5) is 11.5 Å². The molecule has 0 radical (unpaired) electrons. The number of pyridine rings is 1. The molecule has 2 N–H and O–H groups in total. The van der Waals surface area contributed by atoms with Gasteiger partial charge in [-0.15, -0.1) is 0 Å². The lowest BCUT2D eigenvalue weighted by Crippen LogP contribution is -2.45. The maximum atomic E-state index is 11.5. The number of hydrogen-bond donors (Lipinski definition) is 2. The van der Waals surface area contributed by atoms with Crippen molar-refractivity contribution in [3.05, 3.63) is 18.3 Å². The second-order valence-corrected chi connectivity index (χ2v) is 5.51. The number of ether oxygens (including phenoxy) is 1. The summed E-state index contributed by atoms with van der Waals surface area (Å²) in [6.07, 6.45) is 1.79. The minimum Gasteiger partial charge on any atom is -0.481 e. The van der Waals surface area contributed by atoms with Crippen molar-refractivity contribution >= 4 is 23.4 Å². The second-order valence-electron chi connectivity index (χ2n) is 5.51. The predicted octanol–water partition coefficient (Wildman–Crippen LogP) is 1.50. The van der Waals surface area contributed by atoms with E-state index in [0.29, 0.717) is 5.82 Å². The van der Waals surface area contributed by atoms with Crippen LogP contribution in [0, 0.1) is 0 Å². The first kappa shape index (κ1) is 16.2. The summed E-state index contributed by atoms with van der Waals surface area (Å²) in [5.41, 5.74) is 0.977. The lowest BCUT2D eigenvalue weighted by Gasteiger charge is -2.36. The summed E-state index contributed by atoms with van der Waals surface area (Å²) in [6, 6.07) is 3.61. The fraction of sp³-hybridized carbons (Fsp3) is 0.533. The molecule has 0 aliphatic carbocycles. The highest BCUT2D eigenvalue weighted by atomic mass is 16.5. The Balaban J connectivity index is 1.92. The van der Waals surface area contributed by atoms with Crippen LogP contribution in [0.3, 0.4) is 0 Å². The molecule has 1 saturated heterocycles. The molecule has 1 aliphatic rings. The van der Waals surface area contributed by atoms with Gasteiger partial charge in [-0.25, -0.2) is 4.98 Å². The molecule has 1 aliphatic heterocycles. The molecule has 22 heavy (non-hydrogen) atoms. The van der Waals surface area contributed by atoms with Crippen LogP contribution in [-0.2, 0) is 14.3 Å². The number of carbonyl (C=O) groups is 2. The normalized spacial score (nSPS) is 21.5. The average Bonchev–Trinajstić information content (AvgIpc) is 2.45. The van der Waals surface area contributed by atoms with E-state index in [-0.39, 0.29) is 31.0 Å². The monoisotopic (exact) mass is 307 g/mol. The summed E-state index contributed by atoms with van der Waals surface area (Å²) in [6.45, 7) is 5.67. The van der Waals surface area contributed by atoms with Crippen molar-refractivity contribution in [2.75, 3.05) is 23.3 Å². The quantitative estimate of drug-likeness (QED) is 0.856. The first-order valence-electron chi connectivity index (χ1n) is 7.32. The van der Waals surface area contributed by atoms with Gasteiger partial charge in [0, 0.05) is 19.5 Å². The Kier molecular flexibility index (Phi) is 5.32. The Hall–Kier alpha value is -2.15. The minimum absolute atomic E-state index is 0.0583. The minimum atomic E-state index is -0.992. The van der Waals surface area contributed by atoms with Crippen LogP contribution >= 0.6 is 0 Å². The van der Waals surface area contributed by atoms with Gasteiger partial charge in [-0.2, -0.15) is 0 Å². The molecule has 1 amide bonds. The largest absolute Gasteiger partial charge is 0.481 e. The van der Waals surface area contributed by atoms with E-state index in [9.17, 15) is 9.59 Å². The maximum absolute atomic E-state index is 11.5. The summed E-state index contributed by atoms with van der Waals surface area (Å²) in [5.74, 6) is -0.918. The van der Waals surface area contributed by atoms with Gasteiger partial charge in [-0.05, 0) is 26.0 Å². The van der Waals surface area contributed by atoms with Crippen LogP contribution in [0.2, 0.25) is 0 Å². The molecule has 0 aromatic carbocycles. The molecule has 1 fully saturated rings. The number of nitrogens with zero attached hydrogens (tertiary/aromatic N) is 2. The molecule has 2 rings (SSSR count). The van der Waals surface area contributed by atoms with Gasteiger partial charge < -0.3 is 20.1 Å². The van der Waals surface area contributed by atoms with Crippen molar-refractivity contribution < 1.29 is 19.4 Å². The number of nitrogens with one attached hydrogen (secondary N) is 1. The average molecular weight is 307 g/mol. The zero-order chi connectivity index (χ0) is 16.1. The summed E-state index contributed by atoms with van der Waals surface area (Å²) < 4.78 is 5.69. The van der Waals surface area contributed by atoms with Gasteiger partial charge >= 0.3 is 5.97 Å². The molecular weight excluding hydrogens is 286 g/mol. The number of aliphatic carboxylic acids is 1. The molecule has 7 heteroatoms. The van der Waals surface area contributed by atoms with Crippen LogP contribution in [0.1, 0.15) is 26.7 Å². The van der Waals surface area contributed by atoms with E-state index in [2.05, 4.69) is 15.2 Å². The van der Waals surface area contributed by atoms with Gasteiger partial charge in [0.1, 0.15) is 5.82 Å². The smallest absolute Gasteiger partial charge is 0.303 e. The second kappa shape index (κ2) is 7.22. The van der Waals surface area contributed by atoms with Crippen molar-refractivity contribution in [2.24, 2.45) is 0 Å². The van der Waals surface area contributed by atoms with E-state index in [1.54, 1.807) is 12.3 Å². The third kappa shape index (κ3) is 4.70. The van der Waals surface area contributed by atoms with Crippen molar-refractivity contribution in [2.45, 2.75) is 38.9 Å². The number of hydrogen-bond acceptors (Lipinski definition) is 5. The van der Waals surface area contributed by atoms with E-state index in [0.717, 1.165) is 18.8 Å². The lowest BCUT2D eigenvalue weighted by atomic mass is 10.2. The van der Waals surface area contributed by atoms with Crippen molar-refractivity contribution in [1.29, 1.82) is 0 Å². The molecule has 1 aromatic rings.